The molecule has 2 aromatic rings. The topological polar surface area (TPSA) is 91.0 Å². The van der Waals surface area contributed by atoms with Crippen LogP contribution in [0.15, 0.2) is 53.2 Å². The largest absolute Gasteiger partial charge is 0.480 e. The molecule has 4 rings (SSSR count). The molecule has 35 heavy (non-hydrogen) atoms. The van der Waals surface area contributed by atoms with Gasteiger partial charge in [0.05, 0.1) is 0 Å². The molecule has 4 N–H and O–H groups in total. The number of nitrogens with two attached hydrogens (primary N) is 1. The maximum atomic E-state index is 11.8. The second-order valence-electron chi connectivity index (χ2n) is 10.1. The number of aliphatic imine (C=N–C) groups is 1. The smallest absolute Gasteiger partial charge is 0.320 e. The van der Waals surface area contributed by atoms with Crippen molar-refractivity contribution in [2.45, 2.75) is 64.5 Å². The third-order valence-corrected chi connectivity index (χ3v) is 7.59. The Morgan fingerprint density at radius 3 is 2.57 bits per heavy atom. The number of hydrogen-bond donors (Lipinski definition) is 3. The lowest BCUT2D eigenvalue weighted by Crippen LogP contribution is -2.45. The van der Waals surface area contributed by atoms with Crippen molar-refractivity contribution in [3.8, 4) is 11.1 Å². The maximum absolute atomic E-state index is 11.8. The van der Waals surface area contributed by atoms with Gasteiger partial charge in [0.1, 0.15) is 6.04 Å². The second-order valence-corrected chi connectivity index (χ2v) is 10.1. The van der Waals surface area contributed by atoms with E-state index in [1.165, 1.54) is 24.0 Å². The van der Waals surface area contributed by atoms with Gasteiger partial charge in [-0.05, 0) is 105 Å². The monoisotopic (exact) mass is 474 g/mol. The van der Waals surface area contributed by atoms with E-state index in [1.807, 2.05) is 18.3 Å². The maximum Gasteiger partial charge on any atom is 0.320 e. The average Bonchev–Trinajstić information content (AvgIpc) is 3.68. The molecule has 0 radical (unpaired) electrons. The Morgan fingerprint density at radius 1 is 1.17 bits per heavy atom. The minimum Gasteiger partial charge on any atom is -0.480 e. The molecule has 6 heteroatoms. The number of hydrogen-bond acceptors (Lipinski definition) is 5. The Bertz CT molecular complexity index is 1110. The molecule has 0 aromatic heterocycles. The molecule has 2 atom stereocenters. The van der Waals surface area contributed by atoms with Crippen LogP contribution in [0, 0.1) is 19.8 Å². The molecule has 0 bridgehead atoms. The minimum atomic E-state index is -0.725. The molecule has 1 aliphatic heterocycles. The number of carboxylic acids is 1. The molecular formula is C29H38N4O2. The standard InChI is InChI=1S/C29H38N4O2/c1-19-23(8-6-10-25(19)30)24-9-7-11-26(20(24)2)32-27(22-13-14-22)16-21(17-31-3)18-33-15-5-4-12-28(33)29(34)35/h6-11,17,22,27-28,32H,3-5,12-16,18,30H2,1-2H3,(H,34,35)/b21-17+/t27?,28-/m0/s1. The Balaban J connectivity index is 1.54. The van der Waals surface area contributed by atoms with Crippen LogP contribution >= 0.6 is 0 Å². The molecule has 0 amide bonds. The zero-order valence-electron chi connectivity index (χ0n) is 21.0. The van der Waals surface area contributed by atoms with Crippen molar-refractivity contribution in [1.82, 2.24) is 4.90 Å². The molecule has 1 unspecified atom stereocenters. The predicted octanol–water partition coefficient (Wildman–Crippen LogP) is 5.66. The van der Waals surface area contributed by atoms with Crippen molar-refractivity contribution < 1.29 is 9.90 Å². The lowest BCUT2D eigenvalue weighted by molar-refractivity contribution is -0.144. The van der Waals surface area contributed by atoms with Crippen LogP contribution in [0.1, 0.15) is 49.7 Å². The first-order valence-electron chi connectivity index (χ1n) is 12.7. The van der Waals surface area contributed by atoms with Gasteiger partial charge in [-0.15, -0.1) is 0 Å². The number of likely N-dealkylation sites (tertiary alicyclic amines) is 1. The van der Waals surface area contributed by atoms with Gasteiger partial charge in [-0.3, -0.25) is 14.7 Å². The van der Waals surface area contributed by atoms with E-state index in [2.05, 4.69) is 60.0 Å². The van der Waals surface area contributed by atoms with Crippen molar-refractivity contribution in [3.05, 3.63) is 59.3 Å². The second kappa shape index (κ2) is 11.1. The summed E-state index contributed by atoms with van der Waals surface area (Å²) in [6.45, 7) is 9.36. The number of nitrogen functional groups attached to an aromatic ring is 1. The molecule has 2 fully saturated rings. The van der Waals surface area contributed by atoms with Crippen LogP contribution in [-0.4, -0.2) is 47.9 Å². The lowest BCUT2D eigenvalue weighted by atomic mass is 9.94. The molecule has 1 heterocycles. The summed E-state index contributed by atoms with van der Waals surface area (Å²) in [6.07, 6.45) is 7.81. The SMILES string of the molecule is C=N/C=C(\CC(Nc1cccc(-c2cccc(N)c2C)c1C)C1CC1)CN1CCCC[C@H]1C(=O)O. The summed E-state index contributed by atoms with van der Waals surface area (Å²) in [5, 5.41) is 13.5. The number of piperidine rings is 1. The van der Waals surface area contributed by atoms with E-state index >= 15 is 0 Å². The van der Waals surface area contributed by atoms with E-state index in [1.54, 1.807) is 0 Å². The van der Waals surface area contributed by atoms with Gasteiger partial charge in [0, 0.05) is 30.2 Å². The molecule has 1 saturated heterocycles. The zero-order chi connectivity index (χ0) is 24.9. The molecule has 0 spiro atoms. The van der Waals surface area contributed by atoms with Crippen LogP contribution in [0.3, 0.4) is 0 Å². The number of nitrogens with one attached hydrogen (secondary N) is 1. The molecular weight excluding hydrogens is 436 g/mol. The summed E-state index contributed by atoms with van der Waals surface area (Å²) in [5.41, 5.74) is 13.9. The number of carboxylic acid groups (broad SMARTS) is 1. The van der Waals surface area contributed by atoms with Gasteiger partial charge in [-0.2, -0.15) is 0 Å². The summed E-state index contributed by atoms with van der Waals surface area (Å²) in [6, 6.07) is 12.3. The normalized spacial score (nSPS) is 19.8. The highest BCUT2D eigenvalue weighted by Crippen LogP contribution is 2.39. The fraction of sp³-hybridized carbons (Fsp3) is 0.448. The number of rotatable bonds is 10. The van der Waals surface area contributed by atoms with Gasteiger partial charge in [0.2, 0.25) is 0 Å². The Hall–Kier alpha value is -3.12. The van der Waals surface area contributed by atoms with Gasteiger partial charge in [0.15, 0.2) is 0 Å². The molecule has 2 aromatic carbocycles. The summed E-state index contributed by atoms with van der Waals surface area (Å²) in [5.74, 6) is -0.117. The lowest BCUT2D eigenvalue weighted by Gasteiger charge is -2.34. The van der Waals surface area contributed by atoms with Crippen molar-refractivity contribution in [1.29, 1.82) is 0 Å². The summed E-state index contributed by atoms with van der Waals surface area (Å²) in [7, 11) is 0. The van der Waals surface area contributed by atoms with Crippen molar-refractivity contribution in [2.75, 3.05) is 24.1 Å². The van der Waals surface area contributed by atoms with Gasteiger partial charge in [-0.25, -0.2) is 0 Å². The highest BCUT2D eigenvalue weighted by molar-refractivity contribution is 5.79. The van der Waals surface area contributed by atoms with Crippen LogP contribution in [-0.2, 0) is 4.79 Å². The fourth-order valence-corrected chi connectivity index (χ4v) is 5.35. The van der Waals surface area contributed by atoms with Crippen LogP contribution in [0.2, 0.25) is 0 Å². The first-order chi connectivity index (χ1) is 16.9. The zero-order valence-corrected chi connectivity index (χ0v) is 21.0. The van der Waals surface area contributed by atoms with Crippen LogP contribution in [0.4, 0.5) is 11.4 Å². The summed E-state index contributed by atoms with van der Waals surface area (Å²) in [4.78, 5) is 18.0. The first kappa shape index (κ1) is 25.0. The summed E-state index contributed by atoms with van der Waals surface area (Å²) >= 11 is 0. The Morgan fingerprint density at radius 2 is 1.89 bits per heavy atom. The quantitative estimate of drug-likeness (QED) is 0.305. The molecule has 2 aliphatic rings. The van der Waals surface area contributed by atoms with Crippen molar-refractivity contribution >= 4 is 24.1 Å². The van der Waals surface area contributed by atoms with Crippen LogP contribution in [0.25, 0.3) is 11.1 Å². The highest BCUT2D eigenvalue weighted by atomic mass is 16.4. The minimum absolute atomic E-state index is 0.270. The third kappa shape index (κ3) is 5.93. The number of nitrogens with zero attached hydrogens (tertiary/aromatic N) is 2. The third-order valence-electron chi connectivity index (χ3n) is 7.59. The van der Waals surface area contributed by atoms with E-state index in [4.69, 9.17) is 5.73 Å². The molecule has 186 valence electrons. The van der Waals surface area contributed by atoms with E-state index in [0.29, 0.717) is 18.9 Å². The van der Waals surface area contributed by atoms with Crippen LogP contribution in [0.5, 0.6) is 0 Å². The van der Waals surface area contributed by atoms with E-state index in [-0.39, 0.29) is 6.04 Å². The average molecular weight is 475 g/mol. The van der Waals surface area contributed by atoms with Gasteiger partial charge >= 0.3 is 5.97 Å². The first-order valence-corrected chi connectivity index (χ1v) is 12.7. The molecule has 1 aliphatic carbocycles. The van der Waals surface area contributed by atoms with Crippen molar-refractivity contribution in [3.63, 3.8) is 0 Å². The Kier molecular flexibility index (Phi) is 7.91. The molecule has 6 nitrogen and oxygen atoms in total. The van der Waals surface area contributed by atoms with Gasteiger partial charge in [0.25, 0.3) is 0 Å². The number of benzene rings is 2. The Labute approximate surface area is 208 Å². The van der Waals surface area contributed by atoms with Crippen molar-refractivity contribution in [2.24, 2.45) is 10.9 Å². The van der Waals surface area contributed by atoms with Crippen LogP contribution < -0.4 is 11.1 Å². The number of anilines is 2. The van der Waals surface area contributed by atoms with Gasteiger partial charge in [-0.1, -0.05) is 30.7 Å². The van der Waals surface area contributed by atoms with E-state index in [0.717, 1.165) is 53.9 Å². The van der Waals surface area contributed by atoms with E-state index < -0.39 is 12.0 Å². The predicted molar refractivity (Wildman–Crippen MR) is 145 cm³/mol. The van der Waals surface area contributed by atoms with Gasteiger partial charge < -0.3 is 16.2 Å². The number of aliphatic carboxylic acids is 1. The summed E-state index contributed by atoms with van der Waals surface area (Å²) < 4.78 is 0. The molecule has 1 saturated carbocycles. The van der Waals surface area contributed by atoms with E-state index in [9.17, 15) is 9.90 Å². The number of carbonyl (C=O) groups is 1. The highest BCUT2D eigenvalue weighted by Gasteiger charge is 2.34. The fourth-order valence-electron chi connectivity index (χ4n) is 5.35.